The first kappa shape index (κ1) is 23.9. The number of sulfonamides is 1. The first-order valence-electron chi connectivity index (χ1n) is 10.6. The third-order valence-corrected chi connectivity index (χ3v) is 7.69. The van der Waals surface area contributed by atoms with Crippen LogP contribution in [0.2, 0.25) is 5.02 Å². The van der Waals surface area contributed by atoms with Gasteiger partial charge in [0.25, 0.3) is 5.91 Å². The van der Waals surface area contributed by atoms with Gasteiger partial charge in [0.2, 0.25) is 15.6 Å². The summed E-state index contributed by atoms with van der Waals surface area (Å²) in [4.78, 5) is 39.4. The number of hydrogen-bond acceptors (Lipinski definition) is 6. The molecule has 0 atom stereocenters. The molecule has 34 heavy (non-hydrogen) atoms. The molecule has 11 heteroatoms. The number of fused-ring (bicyclic) bond motifs is 1. The van der Waals surface area contributed by atoms with Crippen molar-refractivity contribution in [3.63, 3.8) is 0 Å². The monoisotopic (exact) mass is 503 g/mol. The molecule has 1 aliphatic rings. The van der Waals surface area contributed by atoms with Gasteiger partial charge < -0.3 is 15.0 Å². The minimum absolute atomic E-state index is 0.0149. The van der Waals surface area contributed by atoms with Crippen LogP contribution in [0.4, 0.5) is 5.69 Å². The molecule has 1 aromatic heterocycles. The summed E-state index contributed by atoms with van der Waals surface area (Å²) in [5.74, 6) is -1.55. The van der Waals surface area contributed by atoms with E-state index in [1.54, 1.807) is 24.3 Å². The summed E-state index contributed by atoms with van der Waals surface area (Å²) in [6.45, 7) is 0.235. The van der Waals surface area contributed by atoms with Crippen LogP contribution in [0.15, 0.2) is 58.2 Å². The van der Waals surface area contributed by atoms with Crippen molar-refractivity contribution < 1.29 is 22.7 Å². The van der Waals surface area contributed by atoms with Crippen LogP contribution in [-0.2, 0) is 19.6 Å². The van der Waals surface area contributed by atoms with Crippen molar-refractivity contribution in [1.29, 1.82) is 0 Å². The third kappa shape index (κ3) is 5.14. The average molecular weight is 504 g/mol. The number of carbonyl (C=O) groups excluding carboxylic acids is 2. The van der Waals surface area contributed by atoms with E-state index in [9.17, 15) is 22.8 Å². The zero-order valence-corrected chi connectivity index (χ0v) is 19.6. The van der Waals surface area contributed by atoms with Gasteiger partial charge in [-0.15, -0.1) is 0 Å². The normalized spacial score (nSPS) is 14.6. The Bertz CT molecular complexity index is 1410. The summed E-state index contributed by atoms with van der Waals surface area (Å²) in [5, 5.41) is 3.10. The van der Waals surface area contributed by atoms with E-state index in [0.717, 1.165) is 25.3 Å². The zero-order valence-electron chi connectivity index (χ0n) is 18.0. The van der Waals surface area contributed by atoms with Crippen molar-refractivity contribution in [2.24, 2.45) is 0 Å². The van der Waals surface area contributed by atoms with Crippen molar-refractivity contribution in [3.05, 3.63) is 69.5 Å². The summed E-state index contributed by atoms with van der Waals surface area (Å²) in [7, 11) is -3.72. The molecule has 1 saturated heterocycles. The lowest BCUT2D eigenvalue weighted by Crippen LogP contribution is -2.35. The Balaban J connectivity index is 1.46. The number of anilines is 1. The molecule has 1 fully saturated rings. The highest BCUT2D eigenvalue weighted by atomic mass is 35.5. The van der Waals surface area contributed by atoms with Gasteiger partial charge in [-0.05, 0) is 37.1 Å². The van der Waals surface area contributed by atoms with E-state index in [4.69, 9.17) is 16.3 Å². The van der Waals surface area contributed by atoms with Crippen LogP contribution in [0.25, 0.3) is 10.9 Å². The van der Waals surface area contributed by atoms with Crippen LogP contribution in [0.1, 0.15) is 29.6 Å². The smallest absolute Gasteiger partial charge is 0.339 e. The molecule has 0 saturated carbocycles. The maximum Gasteiger partial charge on any atom is 0.339 e. The zero-order chi connectivity index (χ0) is 24.3. The molecular weight excluding hydrogens is 482 g/mol. The molecule has 2 aromatic carbocycles. The number of amides is 1. The number of benzene rings is 2. The minimum Gasteiger partial charge on any atom is -0.452 e. The molecular formula is C23H22ClN3O6S. The first-order valence-corrected chi connectivity index (χ1v) is 12.5. The Morgan fingerprint density at radius 1 is 1.06 bits per heavy atom. The van der Waals surface area contributed by atoms with E-state index in [0.29, 0.717) is 24.0 Å². The Hall–Kier alpha value is -3.21. The first-order chi connectivity index (χ1) is 16.3. The maximum atomic E-state index is 12.9. The molecule has 3 aromatic rings. The number of aromatic nitrogens is 1. The van der Waals surface area contributed by atoms with E-state index >= 15 is 0 Å². The van der Waals surface area contributed by atoms with Gasteiger partial charge in [0.15, 0.2) is 6.61 Å². The quantitative estimate of drug-likeness (QED) is 0.498. The molecule has 2 N–H and O–H groups in total. The van der Waals surface area contributed by atoms with Crippen LogP contribution in [-0.4, -0.2) is 49.3 Å². The maximum absolute atomic E-state index is 12.9. The number of carbonyl (C=O) groups is 2. The Labute approximate surface area is 200 Å². The van der Waals surface area contributed by atoms with Gasteiger partial charge in [-0.3, -0.25) is 9.59 Å². The van der Waals surface area contributed by atoms with Crippen molar-refractivity contribution >= 4 is 50.1 Å². The van der Waals surface area contributed by atoms with E-state index in [2.05, 4.69) is 10.3 Å². The van der Waals surface area contributed by atoms with Crippen LogP contribution in [0, 0.1) is 0 Å². The van der Waals surface area contributed by atoms with Crippen LogP contribution < -0.4 is 10.9 Å². The van der Waals surface area contributed by atoms with Gasteiger partial charge in [0.05, 0.1) is 21.2 Å². The fourth-order valence-electron chi connectivity index (χ4n) is 3.78. The highest BCUT2D eigenvalue weighted by Gasteiger charge is 2.26. The number of ether oxygens (including phenoxy) is 1. The molecule has 0 radical (unpaired) electrons. The topological polar surface area (TPSA) is 126 Å². The minimum atomic E-state index is -3.72. The van der Waals surface area contributed by atoms with Crippen molar-refractivity contribution in [1.82, 2.24) is 9.29 Å². The van der Waals surface area contributed by atoms with Crippen LogP contribution in [0.5, 0.6) is 0 Å². The fourth-order valence-corrected chi connectivity index (χ4v) is 5.49. The number of pyridine rings is 1. The number of nitrogens with zero attached hydrogens (tertiary/aromatic N) is 1. The van der Waals surface area contributed by atoms with Crippen molar-refractivity contribution in [3.8, 4) is 0 Å². The highest BCUT2D eigenvalue weighted by molar-refractivity contribution is 7.89. The lowest BCUT2D eigenvalue weighted by Gasteiger charge is -2.26. The Morgan fingerprint density at radius 3 is 2.56 bits per heavy atom. The molecule has 4 rings (SSSR count). The second-order valence-electron chi connectivity index (χ2n) is 7.82. The summed E-state index contributed by atoms with van der Waals surface area (Å²) in [6.07, 6.45) is 2.58. The second-order valence-corrected chi connectivity index (χ2v) is 10.2. The Morgan fingerprint density at radius 2 is 1.79 bits per heavy atom. The number of nitrogens with one attached hydrogen (secondary N) is 2. The molecule has 0 unspecified atom stereocenters. The number of aromatic amines is 1. The molecule has 0 spiro atoms. The number of halogens is 1. The van der Waals surface area contributed by atoms with Gasteiger partial charge in [-0.1, -0.05) is 36.2 Å². The van der Waals surface area contributed by atoms with Crippen LogP contribution >= 0.6 is 11.6 Å². The lowest BCUT2D eigenvalue weighted by atomic mass is 10.1. The molecule has 9 nitrogen and oxygen atoms in total. The number of H-pyrrole nitrogens is 1. The highest BCUT2D eigenvalue weighted by Crippen LogP contribution is 2.28. The van der Waals surface area contributed by atoms with Gasteiger partial charge in [-0.2, -0.15) is 4.31 Å². The summed E-state index contributed by atoms with van der Waals surface area (Å²) >= 11 is 6.15. The fraction of sp³-hybridized carbons (Fsp3) is 0.261. The summed E-state index contributed by atoms with van der Waals surface area (Å²) in [6, 6.07) is 11.9. The number of piperidine rings is 1. The number of rotatable bonds is 6. The summed E-state index contributed by atoms with van der Waals surface area (Å²) < 4.78 is 32.3. The van der Waals surface area contributed by atoms with E-state index in [1.165, 1.54) is 22.5 Å². The standard InChI is InChI=1S/C23H22ClN3O6S/c24-18-9-8-15(34(31,32)27-10-4-1-5-11-27)12-20(18)26-22(29)14-33-23(30)17-13-21(28)25-19-7-3-2-6-16(17)19/h2-3,6-9,12-13H,1,4-5,10-11,14H2,(H,25,28)(H,26,29). The third-order valence-electron chi connectivity index (χ3n) is 5.47. The summed E-state index contributed by atoms with van der Waals surface area (Å²) in [5.41, 5.74) is 0.0979. The largest absolute Gasteiger partial charge is 0.452 e. The number of esters is 1. The molecule has 0 bridgehead atoms. The molecule has 0 aliphatic carbocycles. The average Bonchev–Trinajstić information content (AvgIpc) is 2.83. The number of hydrogen-bond donors (Lipinski definition) is 2. The SMILES string of the molecule is O=C(COC(=O)c1cc(=O)[nH]c2ccccc12)Nc1cc(S(=O)(=O)N2CCCCC2)ccc1Cl. The van der Waals surface area contributed by atoms with Gasteiger partial charge in [0.1, 0.15) is 0 Å². The Kier molecular flexibility index (Phi) is 7.01. The molecule has 1 aliphatic heterocycles. The van der Waals surface area contributed by atoms with Gasteiger partial charge in [0, 0.05) is 30.1 Å². The lowest BCUT2D eigenvalue weighted by molar-refractivity contribution is -0.119. The van der Waals surface area contributed by atoms with Gasteiger partial charge >= 0.3 is 5.97 Å². The predicted molar refractivity (Wildman–Crippen MR) is 128 cm³/mol. The molecule has 178 valence electrons. The molecule has 1 amide bonds. The predicted octanol–water partition coefficient (Wildman–Crippen LogP) is 3.15. The number of para-hydroxylation sites is 1. The van der Waals surface area contributed by atoms with E-state index in [1.807, 2.05) is 0 Å². The van der Waals surface area contributed by atoms with Crippen molar-refractivity contribution in [2.45, 2.75) is 24.2 Å². The van der Waals surface area contributed by atoms with Gasteiger partial charge in [-0.25, -0.2) is 13.2 Å². The van der Waals surface area contributed by atoms with Crippen LogP contribution in [0.3, 0.4) is 0 Å². The second kappa shape index (κ2) is 9.96. The van der Waals surface area contributed by atoms with Crippen molar-refractivity contribution in [2.75, 3.05) is 25.0 Å². The molecule has 2 heterocycles. The van der Waals surface area contributed by atoms with E-state index in [-0.39, 0.29) is 21.2 Å². The van der Waals surface area contributed by atoms with E-state index < -0.39 is 34.1 Å².